The quantitative estimate of drug-likeness (QED) is 0.799. The number of nitrogens with zero attached hydrogens (tertiary/aromatic N) is 1. The lowest BCUT2D eigenvalue weighted by Crippen LogP contribution is -2.38. The molecule has 0 atom stereocenters. The highest BCUT2D eigenvalue weighted by Crippen LogP contribution is 2.30. The van der Waals surface area contributed by atoms with Crippen LogP contribution in [0.4, 0.5) is 11.4 Å². The van der Waals surface area contributed by atoms with Gasteiger partial charge in [-0.2, -0.15) is 0 Å². The van der Waals surface area contributed by atoms with Gasteiger partial charge in [0.05, 0.1) is 11.4 Å². The van der Waals surface area contributed by atoms with E-state index in [9.17, 15) is 9.59 Å². The predicted octanol–water partition coefficient (Wildman–Crippen LogP) is 3.43. The number of para-hydroxylation sites is 2. The zero-order chi connectivity index (χ0) is 19.2. The summed E-state index contributed by atoms with van der Waals surface area (Å²) in [4.78, 5) is 26.1. The third kappa shape index (κ3) is 4.76. The summed E-state index contributed by atoms with van der Waals surface area (Å²) in [5.41, 5.74) is 9.10. The number of benzene rings is 2. The maximum atomic E-state index is 12.5. The molecular formula is C22H25N3O2. The Bertz CT molecular complexity index is 838. The third-order valence-corrected chi connectivity index (χ3v) is 4.98. The number of anilines is 2. The number of piperidine rings is 1. The van der Waals surface area contributed by atoms with Gasteiger partial charge in [0, 0.05) is 25.1 Å². The van der Waals surface area contributed by atoms with E-state index in [2.05, 4.69) is 10.2 Å². The summed E-state index contributed by atoms with van der Waals surface area (Å²) < 4.78 is 0. The average Bonchev–Trinajstić information content (AvgIpc) is 2.69. The van der Waals surface area contributed by atoms with Crippen LogP contribution in [0.2, 0.25) is 0 Å². The molecule has 27 heavy (non-hydrogen) atoms. The van der Waals surface area contributed by atoms with Gasteiger partial charge in [-0.25, -0.2) is 0 Å². The second-order valence-corrected chi connectivity index (χ2v) is 6.86. The number of hydrogen-bond donors (Lipinski definition) is 2. The van der Waals surface area contributed by atoms with Crippen molar-refractivity contribution in [1.82, 2.24) is 0 Å². The highest BCUT2D eigenvalue weighted by molar-refractivity contribution is 6.05. The van der Waals surface area contributed by atoms with Gasteiger partial charge in [0.15, 0.2) is 0 Å². The standard InChI is InChI=1S/C22H25N3O2/c1-16(17-7-3-2-4-8-17)15-21(26)24-19-9-5-6-10-20(19)25-13-11-18(12-14-25)22(23)27/h2-10,15,18H,11-14H2,1H3,(H2,23,27)(H,24,26)/b16-15+. The number of amides is 2. The SMILES string of the molecule is C/C(=C\C(=O)Nc1ccccc1N1CCC(C(N)=O)CC1)c1ccccc1. The van der Waals surface area contributed by atoms with Gasteiger partial charge >= 0.3 is 0 Å². The molecule has 2 amide bonds. The van der Waals surface area contributed by atoms with Gasteiger partial charge in [-0.3, -0.25) is 9.59 Å². The van der Waals surface area contributed by atoms with Gasteiger partial charge in [0.2, 0.25) is 11.8 Å². The van der Waals surface area contributed by atoms with E-state index in [0.717, 1.165) is 48.4 Å². The molecule has 1 aliphatic rings. The number of carbonyl (C=O) groups excluding carboxylic acids is 2. The molecule has 1 aliphatic heterocycles. The summed E-state index contributed by atoms with van der Waals surface area (Å²) in [5.74, 6) is -0.437. The first kappa shape index (κ1) is 18.7. The Morgan fingerprint density at radius 3 is 2.33 bits per heavy atom. The molecule has 0 bridgehead atoms. The van der Waals surface area contributed by atoms with Crippen molar-refractivity contribution in [3.05, 3.63) is 66.2 Å². The summed E-state index contributed by atoms with van der Waals surface area (Å²) in [6, 6.07) is 17.6. The van der Waals surface area contributed by atoms with Crippen molar-refractivity contribution in [3.8, 4) is 0 Å². The first-order chi connectivity index (χ1) is 13.0. The van der Waals surface area contributed by atoms with Crippen LogP contribution in [0.3, 0.4) is 0 Å². The number of rotatable bonds is 5. The molecule has 0 aliphatic carbocycles. The molecule has 2 aromatic rings. The zero-order valence-electron chi connectivity index (χ0n) is 15.5. The molecule has 3 N–H and O–H groups in total. The molecule has 0 saturated carbocycles. The van der Waals surface area contributed by atoms with Crippen LogP contribution in [0, 0.1) is 5.92 Å². The van der Waals surface area contributed by atoms with Gasteiger partial charge in [-0.15, -0.1) is 0 Å². The lowest BCUT2D eigenvalue weighted by molar-refractivity contribution is -0.122. The minimum atomic E-state index is -0.224. The Morgan fingerprint density at radius 1 is 1.04 bits per heavy atom. The van der Waals surface area contributed by atoms with Gasteiger partial charge in [-0.05, 0) is 43.0 Å². The minimum absolute atomic E-state index is 0.0561. The first-order valence-electron chi connectivity index (χ1n) is 9.22. The maximum Gasteiger partial charge on any atom is 0.248 e. The Hall–Kier alpha value is -3.08. The van der Waals surface area contributed by atoms with Crippen LogP contribution in [-0.2, 0) is 9.59 Å². The van der Waals surface area contributed by atoms with Crippen molar-refractivity contribution in [3.63, 3.8) is 0 Å². The molecule has 140 valence electrons. The van der Waals surface area contributed by atoms with Gasteiger partial charge in [0.25, 0.3) is 0 Å². The number of primary amides is 1. The molecule has 1 heterocycles. The van der Waals surface area contributed by atoms with E-state index in [1.807, 2.05) is 61.5 Å². The summed E-state index contributed by atoms with van der Waals surface area (Å²) in [6.45, 7) is 3.42. The largest absolute Gasteiger partial charge is 0.370 e. The smallest absolute Gasteiger partial charge is 0.248 e. The third-order valence-electron chi connectivity index (χ3n) is 4.98. The fourth-order valence-corrected chi connectivity index (χ4v) is 3.41. The predicted molar refractivity (Wildman–Crippen MR) is 109 cm³/mol. The van der Waals surface area contributed by atoms with Crippen molar-refractivity contribution in [2.75, 3.05) is 23.3 Å². The van der Waals surface area contributed by atoms with Crippen LogP contribution in [-0.4, -0.2) is 24.9 Å². The second kappa shape index (κ2) is 8.54. The van der Waals surface area contributed by atoms with E-state index in [0.29, 0.717) is 0 Å². The molecule has 0 unspecified atom stereocenters. The Kier molecular flexibility index (Phi) is 5.91. The molecule has 5 heteroatoms. The molecule has 5 nitrogen and oxygen atoms in total. The number of nitrogens with two attached hydrogens (primary N) is 1. The van der Waals surface area contributed by atoms with Crippen LogP contribution in [0.1, 0.15) is 25.3 Å². The topological polar surface area (TPSA) is 75.4 Å². The molecule has 3 rings (SSSR count). The summed E-state index contributed by atoms with van der Waals surface area (Å²) in [6.07, 6.45) is 3.10. The molecule has 1 saturated heterocycles. The van der Waals surface area contributed by atoms with E-state index < -0.39 is 0 Å². The Labute approximate surface area is 159 Å². The minimum Gasteiger partial charge on any atom is -0.370 e. The van der Waals surface area contributed by atoms with Crippen LogP contribution >= 0.6 is 0 Å². The lowest BCUT2D eigenvalue weighted by atomic mass is 9.96. The molecule has 0 radical (unpaired) electrons. The highest BCUT2D eigenvalue weighted by Gasteiger charge is 2.24. The number of allylic oxidation sites excluding steroid dienone is 1. The van der Waals surface area contributed by atoms with Crippen molar-refractivity contribution in [1.29, 1.82) is 0 Å². The van der Waals surface area contributed by atoms with Crippen LogP contribution in [0.25, 0.3) is 5.57 Å². The Morgan fingerprint density at radius 2 is 1.67 bits per heavy atom. The van der Waals surface area contributed by atoms with Crippen molar-refractivity contribution < 1.29 is 9.59 Å². The molecule has 2 aromatic carbocycles. The zero-order valence-corrected chi connectivity index (χ0v) is 15.5. The summed E-state index contributed by atoms with van der Waals surface area (Å²) in [5, 5.41) is 2.99. The van der Waals surface area contributed by atoms with E-state index in [4.69, 9.17) is 5.73 Å². The fraction of sp³-hybridized carbons (Fsp3) is 0.273. The van der Waals surface area contributed by atoms with Crippen molar-refractivity contribution in [2.45, 2.75) is 19.8 Å². The van der Waals surface area contributed by atoms with Gasteiger partial charge in [0.1, 0.15) is 0 Å². The molecule has 1 fully saturated rings. The van der Waals surface area contributed by atoms with Crippen molar-refractivity contribution >= 4 is 28.8 Å². The van der Waals surface area contributed by atoms with Gasteiger partial charge in [-0.1, -0.05) is 42.5 Å². The average molecular weight is 363 g/mol. The maximum absolute atomic E-state index is 12.5. The second-order valence-electron chi connectivity index (χ2n) is 6.86. The van der Waals surface area contributed by atoms with Crippen LogP contribution < -0.4 is 16.0 Å². The molecular weight excluding hydrogens is 338 g/mol. The van der Waals surface area contributed by atoms with Crippen LogP contribution in [0.5, 0.6) is 0 Å². The molecule has 0 aromatic heterocycles. The highest BCUT2D eigenvalue weighted by atomic mass is 16.1. The normalized spacial score (nSPS) is 15.4. The summed E-state index contributed by atoms with van der Waals surface area (Å²) >= 11 is 0. The number of carbonyl (C=O) groups is 2. The monoisotopic (exact) mass is 363 g/mol. The van der Waals surface area contributed by atoms with E-state index in [-0.39, 0.29) is 17.7 Å². The number of nitrogens with one attached hydrogen (secondary N) is 1. The fourth-order valence-electron chi connectivity index (χ4n) is 3.41. The Balaban J connectivity index is 1.71. The first-order valence-corrected chi connectivity index (χ1v) is 9.22. The van der Waals surface area contributed by atoms with E-state index in [1.54, 1.807) is 6.08 Å². The summed E-state index contributed by atoms with van der Waals surface area (Å²) in [7, 11) is 0. The van der Waals surface area contributed by atoms with Crippen LogP contribution in [0.15, 0.2) is 60.7 Å². The van der Waals surface area contributed by atoms with E-state index in [1.165, 1.54) is 0 Å². The molecule has 0 spiro atoms. The van der Waals surface area contributed by atoms with Crippen molar-refractivity contribution in [2.24, 2.45) is 11.7 Å². The lowest BCUT2D eigenvalue weighted by Gasteiger charge is -2.33. The number of hydrogen-bond acceptors (Lipinski definition) is 3. The van der Waals surface area contributed by atoms with Gasteiger partial charge < -0.3 is 16.0 Å². The van der Waals surface area contributed by atoms with E-state index >= 15 is 0 Å².